The Hall–Kier alpha value is -2.89. The fourth-order valence-corrected chi connectivity index (χ4v) is 2.22. The molecule has 0 amide bonds. The average molecular weight is 357 g/mol. The molecule has 6 heteroatoms. The minimum Gasteiger partial charge on any atom is -0.405 e. The van der Waals surface area contributed by atoms with Gasteiger partial charge in [0.2, 0.25) is 5.95 Å². The SMILES string of the molecule is C=CN.CC(C)CNc1cnc(N)nc1.CC1=CCc2ccc(F)cc21. The number of rotatable bonds is 3. The molecule has 3 rings (SSSR count). The van der Waals surface area contributed by atoms with Crippen LogP contribution < -0.4 is 16.8 Å². The van der Waals surface area contributed by atoms with Gasteiger partial charge in [0, 0.05) is 6.54 Å². The van der Waals surface area contributed by atoms with Crippen LogP contribution in [0.5, 0.6) is 0 Å². The molecule has 1 aromatic heterocycles. The normalized spacial score (nSPS) is 11.3. The van der Waals surface area contributed by atoms with E-state index in [1.807, 2.05) is 13.0 Å². The highest BCUT2D eigenvalue weighted by Crippen LogP contribution is 2.26. The van der Waals surface area contributed by atoms with E-state index in [0.717, 1.165) is 24.2 Å². The summed E-state index contributed by atoms with van der Waals surface area (Å²) in [6.07, 6.45) is 7.71. The zero-order valence-corrected chi connectivity index (χ0v) is 15.7. The lowest BCUT2D eigenvalue weighted by atomic mass is 10.1. The van der Waals surface area contributed by atoms with Gasteiger partial charge in [-0.15, -0.1) is 0 Å². The van der Waals surface area contributed by atoms with Crippen molar-refractivity contribution in [2.75, 3.05) is 17.6 Å². The number of allylic oxidation sites excluding steroid dienone is 2. The Bertz CT molecular complexity index is 723. The molecule has 0 spiro atoms. The maximum absolute atomic E-state index is 12.7. The second kappa shape index (κ2) is 10.9. The van der Waals surface area contributed by atoms with Crippen molar-refractivity contribution in [2.45, 2.75) is 27.2 Å². The zero-order chi connectivity index (χ0) is 19.5. The Morgan fingerprint density at radius 1 is 1.31 bits per heavy atom. The van der Waals surface area contributed by atoms with Gasteiger partial charge in [0.15, 0.2) is 0 Å². The molecule has 0 atom stereocenters. The van der Waals surface area contributed by atoms with E-state index in [-0.39, 0.29) is 5.82 Å². The van der Waals surface area contributed by atoms with E-state index in [9.17, 15) is 4.39 Å². The van der Waals surface area contributed by atoms with Gasteiger partial charge in [-0.3, -0.25) is 0 Å². The van der Waals surface area contributed by atoms with Gasteiger partial charge in [0.05, 0.1) is 18.1 Å². The summed E-state index contributed by atoms with van der Waals surface area (Å²) < 4.78 is 12.7. The smallest absolute Gasteiger partial charge is 0.220 e. The van der Waals surface area contributed by atoms with Gasteiger partial charge in [-0.1, -0.05) is 32.6 Å². The lowest BCUT2D eigenvalue weighted by Crippen LogP contribution is -2.08. The van der Waals surface area contributed by atoms with Crippen molar-refractivity contribution in [1.82, 2.24) is 9.97 Å². The van der Waals surface area contributed by atoms with Crippen LogP contribution in [0.3, 0.4) is 0 Å². The van der Waals surface area contributed by atoms with Crippen LogP contribution in [0.25, 0.3) is 5.57 Å². The minimum atomic E-state index is -0.140. The van der Waals surface area contributed by atoms with Crippen molar-refractivity contribution in [3.8, 4) is 0 Å². The highest BCUT2D eigenvalue weighted by Gasteiger charge is 2.10. The zero-order valence-electron chi connectivity index (χ0n) is 15.7. The first-order chi connectivity index (χ1) is 12.4. The maximum Gasteiger partial charge on any atom is 0.220 e. The van der Waals surface area contributed by atoms with Crippen molar-refractivity contribution in [2.24, 2.45) is 11.7 Å². The molecule has 140 valence electrons. The van der Waals surface area contributed by atoms with Crippen molar-refractivity contribution >= 4 is 17.2 Å². The summed E-state index contributed by atoms with van der Waals surface area (Å²) in [5.41, 5.74) is 14.4. The molecule has 1 aliphatic carbocycles. The van der Waals surface area contributed by atoms with Crippen LogP contribution in [0.1, 0.15) is 31.9 Å². The molecular formula is C20H28FN5. The quantitative estimate of drug-likeness (QED) is 0.772. The topological polar surface area (TPSA) is 89.8 Å². The third-order valence-electron chi connectivity index (χ3n) is 3.51. The highest BCUT2D eigenvalue weighted by molar-refractivity contribution is 5.71. The molecule has 1 heterocycles. The van der Waals surface area contributed by atoms with Crippen LogP contribution in [-0.2, 0) is 6.42 Å². The van der Waals surface area contributed by atoms with E-state index < -0.39 is 0 Å². The third-order valence-corrected chi connectivity index (χ3v) is 3.51. The molecule has 0 fully saturated rings. The monoisotopic (exact) mass is 357 g/mol. The van der Waals surface area contributed by atoms with E-state index in [0.29, 0.717) is 11.9 Å². The lowest BCUT2D eigenvalue weighted by molar-refractivity contribution is 0.627. The summed E-state index contributed by atoms with van der Waals surface area (Å²) in [6.45, 7) is 10.4. The molecule has 1 aromatic carbocycles. The number of hydrogen-bond acceptors (Lipinski definition) is 5. The lowest BCUT2D eigenvalue weighted by Gasteiger charge is -2.07. The van der Waals surface area contributed by atoms with E-state index in [4.69, 9.17) is 5.73 Å². The summed E-state index contributed by atoms with van der Waals surface area (Å²) in [7, 11) is 0. The minimum absolute atomic E-state index is 0.140. The van der Waals surface area contributed by atoms with Gasteiger partial charge in [-0.2, -0.15) is 0 Å². The molecule has 1 aliphatic rings. The van der Waals surface area contributed by atoms with Gasteiger partial charge >= 0.3 is 0 Å². The number of aromatic nitrogens is 2. The summed E-state index contributed by atoms with van der Waals surface area (Å²) >= 11 is 0. The number of nitrogens with two attached hydrogens (primary N) is 2. The Morgan fingerprint density at radius 3 is 2.50 bits per heavy atom. The number of nitrogen functional groups attached to an aromatic ring is 1. The van der Waals surface area contributed by atoms with Gasteiger partial charge in [-0.05, 0) is 54.3 Å². The van der Waals surface area contributed by atoms with E-state index in [2.05, 4.69) is 47.5 Å². The van der Waals surface area contributed by atoms with Crippen molar-refractivity contribution in [3.63, 3.8) is 0 Å². The summed E-state index contributed by atoms with van der Waals surface area (Å²) in [5, 5.41) is 3.19. The first-order valence-electron chi connectivity index (χ1n) is 8.47. The number of fused-ring (bicyclic) bond motifs is 1. The number of anilines is 2. The molecular weight excluding hydrogens is 329 g/mol. The van der Waals surface area contributed by atoms with Crippen molar-refractivity contribution in [1.29, 1.82) is 0 Å². The maximum atomic E-state index is 12.7. The molecule has 0 radical (unpaired) electrons. The van der Waals surface area contributed by atoms with Crippen LogP contribution in [0.2, 0.25) is 0 Å². The number of nitrogens with one attached hydrogen (secondary N) is 1. The molecule has 0 saturated carbocycles. The summed E-state index contributed by atoms with van der Waals surface area (Å²) in [4.78, 5) is 7.72. The number of benzene rings is 1. The molecule has 0 saturated heterocycles. The van der Waals surface area contributed by atoms with Gasteiger partial charge in [0.25, 0.3) is 0 Å². The Morgan fingerprint density at radius 2 is 1.92 bits per heavy atom. The summed E-state index contributed by atoms with van der Waals surface area (Å²) in [5.74, 6) is 0.783. The second-order valence-electron chi connectivity index (χ2n) is 6.23. The molecule has 2 aromatic rings. The van der Waals surface area contributed by atoms with Gasteiger partial charge in [0.1, 0.15) is 5.82 Å². The molecule has 0 bridgehead atoms. The van der Waals surface area contributed by atoms with E-state index in [1.54, 1.807) is 18.5 Å². The van der Waals surface area contributed by atoms with E-state index in [1.165, 1.54) is 23.4 Å². The largest absolute Gasteiger partial charge is 0.405 e. The Kier molecular flexibility index (Phi) is 8.84. The molecule has 5 N–H and O–H groups in total. The third kappa shape index (κ3) is 7.34. The predicted octanol–water partition coefficient (Wildman–Crippen LogP) is 4.00. The van der Waals surface area contributed by atoms with Crippen LogP contribution in [-0.4, -0.2) is 16.5 Å². The van der Waals surface area contributed by atoms with Gasteiger partial charge < -0.3 is 16.8 Å². The molecule has 5 nitrogen and oxygen atoms in total. The van der Waals surface area contributed by atoms with Crippen molar-refractivity contribution < 1.29 is 4.39 Å². The number of nitrogens with zero attached hydrogens (tertiary/aromatic N) is 2. The second-order valence-corrected chi connectivity index (χ2v) is 6.23. The number of halogens is 1. The predicted molar refractivity (Wildman–Crippen MR) is 108 cm³/mol. The van der Waals surface area contributed by atoms with Crippen LogP contribution >= 0.6 is 0 Å². The Balaban J connectivity index is 0.000000227. The standard InChI is InChI=1S/C10H9F.C8H14N4.C2H5N/c1-7-2-3-8-4-5-9(11)6-10(7)8;1-6(2)3-10-7-4-11-8(9)12-5-7;1-2-3/h2,4-6H,3H2,1H3;4-6,10H,3H2,1-2H3,(H2,9,11,12);2H,1,3H2. The average Bonchev–Trinajstić information content (AvgIpc) is 2.96. The summed E-state index contributed by atoms with van der Waals surface area (Å²) in [6, 6.07) is 4.98. The van der Waals surface area contributed by atoms with Crippen LogP contribution in [0, 0.1) is 11.7 Å². The first kappa shape index (κ1) is 21.2. The fraction of sp³-hybridized carbons (Fsp3) is 0.300. The first-order valence-corrected chi connectivity index (χ1v) is 8.47. The Labute approximate surface area is 155 Å². The molecule has 0 aliphatic heterocycles. The molecule has 26 heavy (non-hydrogen) atoms. The highest BCUT2D eigenvalue weighted by atomic mass is 19.1. The fourth-order valence-electron chi connectivity index (χ4n) is 2.22. The van der Waals surface area contributed by atoms with Crippen molar-refractivity contribution in [3.05, 3.63) is 66.4 Å². The number of hydrogen-bond donors (Lipinski definition) is 3. The molecule has 0 unspecified atom stereocenters. The van der Waals surface area contributed by atoms with Crippen LogP contribution in [0.15, 0.2) is 49.4 Å². The van der Waals surface area contributed by atoms with Gasteiger partial charge in [-0.25, -0.2) is 14.4 Å². The van der Waals surface area contributed by atoms with Crippen LogP contribution in [0.4, 0.5) is 16.0 Å². The van der Waals surface area contributed by atoms with E-state index >= 15 is 0 Å².